The van der Waals surface area contributed by atoms with Gasteiger partial charge in [-0.05, 0) is 19.9 Å². The first-order valence-electron chi connectivity index (χ1n) is 7.25. The van der Waals surface area contributed by atoms with Gasteiger partial charge in [0.15, 0.2) is 0 Å². The molecule has 2 rings (SSSR count). The molecule has 2 fully saturated rings. The highest BCUT2D eigenvalue weighted by atomic mass is 16.1. The minimum absolute atomic E-state index is 0.259. The lowest BCUT2D eigenvalue weighted by molar-refractivity contribution is -0.119. The van der Waals surface area contributed by atoms with Crippen molar-refractivity contribution in [2.24, 2.45) is 0 Å². The summed E-state index contributed by atoms with van der Waals surface area (Å²) in [5, 5.41) is 0. The number of carbonyl (C=O) groups excluding carboxylic acids is 1. The Kier molecular flexibility index (Phi) is 4.62. The largest absolute Gasteiger partial charge is 0.346 e. The third-order valence-corrected chi connectivity index (χ3v) is 4.68. The number of hydrogen-bond acceptors (Lipinski definition) is 3. The molecule has 4 nitrogen and oxygen atoms in total. The van der Waals surface area contributed by atoms with E-state index in [0.717, 1.165) is 39.1 Å². The maximum atomic E-state index is 11.0. The molecule has 104 valence electrons. The smallest absolute Gasteiger partial charge is 0.209 e. The first-order chi connectivity index (χ1) is 8.66. The molecule has 1 aliphatic heterocycles. The average molecular weight is 253 g/mol. The number of piperazine rings is 1. The monoisotopic (exact) mass is 253 g/mol. The van der Waals surface area contributed by atoms with Crippen molar-refractivity contribution in [3.05, 3.63) is 0 Å². The lowest BCUT2D eigenvalue weighted by Gasteiger charge is -2.50. The van der Waals surface area contributed by atoms with Crippen molar-refractivity contribution in [3.63, 3.8) is 0 Å². The highest BCUT2D eigenvalue weighted by molar-refractivity contribution is 5.46. The van der Waals surface area contributed by atoms with E-state index in [2.05, 4.69) is 16.8 Å². The van der Waals surface area contributed by atoms with Gasteiger partial charge in [0, 0.05) is 45.3 Å². The molecular weight excluding hydrogens is 226 g/mol. The van der Waals surface area contributed by atoms with Gasteiger partial charge in [-0.25, -0.2) is 0 Å². The maximum absolute atomic E-state index is 11.0. The number of amides is 1. The van der Waals surface area contributed by atoms with Crippen LogP contribution in [0.1, 0.15) is 32.1 Å². The summed E-state index contributed by atoms with van der Waals surface area (Å²) >= 11 is 0. The van der Waals surface area contributed by atoms with Crippen LogP contribution < -0.4 is 0 Å². The Hall–Kier alpha value is -0.610. The lowest BCUT2D eigenvalue weighted by atomic mass is 9.79. The van der Waals surface area contributed by atoms with Crippen molar-refractivity contribution >= 4 is 6.41 Å². The standard InChI is InChI=1S/C14H27N3O/c1-15-8-10-17(11-9-15)14(12-16(2)13-18)6-4-3-5-7-14/h13H,3-12H2,1-2H3. The van der Waals surface area contributed by atoms with Gasteiger partial charge in [-0.1, -0.05) is 19.3 Å². The van der Waals surface area contributed by atoms with Crippen LogP contribution in [0, 0.1) is 0 Å². The van der Waals surface area contributed by atoms with E-state index in [9.17, 15) is 4.79 Å². The van der Waals surface area contributed by atoms with E-state index in [0.29, 0.717) is 0 Å². The summed E-state index contributed by atoms with van der Waals surface area (Å²) in [6.07, 6.45) is 7.49. The second-order valence-corrected chi connectivity index (χ2v) is 6.10. The van der Waals surface area contributed by atoms with Crippen LogP contribution in [0.4, 0.5) is 0 Å². The maximum Gasteiger partial charge on any atom is 0.209 e. The van der Waals surface area contributed by atoms with E-state index in [1.54, 1.807) is 0 Å². The molecular formula is C14H27N3O. The number of likely N-dealkylation sites (N-methyl/N-ethyl adjacent to an activating group) is 2. The fraction of sp³-hybridized carbons (Fsp3) is 0.929. The van der Waals surface area contributed by atoms with E-state index < -0.39 is 0 Å². The third-order valence-electron chi connectivity index (χ3n) is 4.68. The van der Waals surface area contributed by atoms with E-state index in [1.807, 2.05) is 11.9 Å². The van der Waals surface area contributed by atoms with Gasteiger partial charge in [-0.3, -0.25) is 9.69 Å². The van der Waals surface area contributed by atoms with Gasteiger partial charge in [0.1, 0.15) is 0 Å². The Bertz CT molecular complexity index is 268. The molecule has 1 heterocycles. The summed E-state index contributed by atoms with van der Waals surface area (Å²) in [7, 11) is 4.11. The molecule has 0 aromatic rings. The van der Waals surface area contributed by atoms with Gasteiger partial charge in [-0.2, -0.15) is 0 Å². The Balaban J connectivity index is 2.05. The van der Waals surface area contributed by atoms with Crippen molar-refractivity contribution in [2.75, 3.05) is 46.8 Å². The predicted molar refractivity (Wildman–Crippen MR) is 73.6 cm³/mol. The number of hydrogen-bond donors (Lipinski definition) is 0. The zero-order valence-corrected chi connectivity index (χ0v) is 11.9. The Morgan fingerprint density at radius 3 is 2.28 bits per heavy atom. The Morgan fingerprint density at radius 1 is 1.11 bits per heavy atom. The fourth-order valence-electron chi connectivity index (χ4n) is 3.57. The summed E-state index contributed by atoms with van der Waals surface area (Å²) in [6, 6.07) is 0. The molecule has 0 unspecified atom stereocenters. The number of carbonyl (C=O) groups is 1. The summed E-state index contributed by atoms with van der Waals surface area (Å²) in [5.41, 5.74) is 0.259. The van der Waals surface area contributed by atoms with E-state index in [1.165, 1.54) is 32.1 Å². The van der Waals surface area contributed by atoms with Crippen LogP contribution in [0.15, 0.2) is 0 Å². The second kappa shape index (κ2) is 6.02. The van der Waals surface area contributed by atoms with Crippen LogP contribution in [0.25, 0.3) is 0 Å². The van der Waals surface area contributed by atoms with Crippen molar-refractivity contribution in [1.29, 1.82) is 0 Å². The van der Waals surface area contributed by atoms with Crippen LogP contribution in [-0.4, -0.2) is 73.5 Å². The molecule has 0 N–H and O–H groups in total. The SMILES string of the molecule is CN(C=O)CC1(N2CCN(C)CC2)CCCCC1. The minimum Gasteiger partial charge on any atom is -0.346 e. The van der Waals surface area contributed by atoms with Gasteiger partial charge >= 0.3 is 0 Å². The first-order valence-corrected chi connectivity index (χ1v) is 7.25. The molecule has 0 aromatic heterocycles. The van der Waals surface area contributed by atoms with Crippen molar-refractivity contribution in [1.82, 2.24) is 14.7 Å². The normalized spacial score (nSPS) is 25.9. The Labute approximate surface area is 111 Å². The molecule has 1 saturated heterocycles. The van der Waals surface area contributed by atoms with Crippen LogP contribution >= 0.6 is 0 Å². The molecule has 1 aliphatic carbocycles. The molecule has 0 bridgehead atoms. The molecule has 4 heteroatoms. The summed E-state index contributed by atoms with van der Waals surface area (Å²) in [5.74, 6) is 0. The lowest BCUT2D eigenvalue weighted by Crippen LogP contribution is -2.61. The molecule has 0 spiro atoms. The van der Waals surface area contributed by atoms with E-state index >= 15 is 0 Å². The molecule has 0 aromatic carbocycles. The van der Waals surface area contributed by atoms with Gasteiger partial charge in [-0.15, -0.1) is 0 Å². The molecule has 0 radical (unpaired) electrons. The average Bonchev–Trinajstić information content (AvgIpc) is 2.40. The van der Waals surface area contributed by atoms with E-state index in [-0.39, 0.29) is 5.54 Å². The number of rotatable bonds is 4. The van der Waals surface area contributed by atoms with E-state index in [4.69, 9.17) is 0 Å². The minimum atomic E-state index is 0.259. The van der Waals surface area contributed by atoms with Gasteiger partial charge in [0.2, 0.25) is 6.41 Å². The summed E-state index contributed by atoms with van der Waals surface area (Å²) in [4.78, 5) is 17.8. The zero-order chi connectivity index (χ0) is 13.0. The second-order valence-electron chi connectivity index (χ2n) is 6.10. The molecule has 0 atom stereocenters. The van der Waals surface area contributed by atoms with Crippen LogP contribution in [0.2, 0.25) is 0 Å². The quantitative estimate of drug-likeness (QED) is 0.700. The van der Waals surface area contributed by atoms with Crippen LogP contribution in [0.3, 0.4) is 0 Å². The highest BCUT2D eigenvalue weighted by Crippen LogP contribution is 2.34. The third kappa shape index (κ3) is 3.04. The molecule has 18 heavy (non-hydrogen) atoms. The number of nitrogens with zero attached hydrogens (tertiary/aromatic N) is 3. The Morgan fingerprint density at radius 2 is 1.72 bits per heavy atom. The van der Waals surface area contributed by atoms with Crippen LogP contribution in [0.5, 0.6) is 0 Å². The van der Waals surface area contributed by atoms with Gasteiger partial charge in [0.05, 0.1) is 0 Å². The highest BCUT2D eigenvalue weighted by Gasteiger charge is 2.39. The van der Waals surface area contributed by atoms with Crippen LogP contribution in [-0.2, 0) is 4.79 Å². The topological polar surface area (TPSA) is 26.8 Å². The van der Waals surface area contributed by atoms with Gasteiger partial charge in [0.25, 0.3) is 0 Å². The molecule has 1 saturated carbocycles. The summed E-state index contributed by atoms with van der Waals surface area (Å²) in [6.45, 7) is 5.53. The predicted octanol–water partition coefficient (Wildman–Crippen LogP) is 1.02. The fourth-order valence-corrected chi connectivity index (χ4v) is 3.57. The van der Waals surface area contributed by atoms with Gasteiger partial charge < -0.3 is 9.80 Å². The van der Waals surface area contributed by atoms with Crippen molar-refractivity contribution in [2.45, 2.75) is 37.6 Å². The molecule has 2 aliphatic rings. The van der Waals surface area contributed by atoms with Crippen molar-refractivity contribution < 1.29 is 4.79 Å². The summed E-state index contributed by atoms with van der Waals surface area (Å²) < 4.78 is 0. The zero-order valence-electron chi connectivity index (χ0n) is 11.9. The first kappa shape index (κ1) is 13.8. The molecule has 1 amide bonds. The van der Waals surface area contributed by atoms with Crippen molar-refractivity contribution in [3.8, 4) is 0 Å².